The molecule has 1 atom stereocenters. The topological polar surface area (TPSA) is 38.8 Å². The van der Waals surface area contributed by atoms with Gasteiger partial charge in [-0.15, -0.1) is 0 Å². The molecule has 80 valence electrons. The predicted octanol–water partition coefficient (Wildman–Crippen LogP) is 0.414. The largest absolute Gasteiger partial charge is 0.378 e. The standard InChI is InChI=1S/C10H17NO3/c12-10(8-9-2-1-5-14-9)11-3-6-13-7-4-11/h9H,1-8H2. The van der Waals surface area contributed by atoms with Crippen LogP contribution in [0, 0.1) is 0 Å². The van der Waals surface area contributed by atoms with Gasteiger partial charge in [0.25, 0.3) is 0 Å². The van der Waals surface area contributed by atoms with Gasteiger partial charge in [0.2, 0.25) is 5.91 Å². The Morgan fingerprint density at radius 1 is 1.29 bits per heavy atom. The van der Waals surface area contributed by atoms with E-state index in [1.54, 1.807) is 0 Å². The lowest BCUT2D eigenvalue weighted by molar-refractivity contribution is -0.137. The third-order valence-corrected chi connectivity index (χ3v) is 2.79. The van der Waals surface area contributed by atoms with E-state index < -0.39 is 0 Å². The molecule has 0 N–H and O–H groups in total. The van der Waals surface area contributed by atoms with Gasteiger partial charge >= 0.3 is 0 Å². The highest BCUT2D eigenvalue weighted by Gasteiger charge is 2.23. The molecule has 0 bridgehead atoms. The lowest BCUT2D eigenvalue weighted by atomic mass is 10.1. The van der Waals surface area contributed by atoms with Crippen LogP contribution < -0.4 is 0 Å². The van der Waals surface area contributed by atoms with Crippen molar-refractivity contribution >= 4 is 5.91 Å². The number of amides is 1. The van der Waals surface area contributed by atoms with E-state index in [9.17, 15) is 4.79 Å². The van der Waals surface area contributed by atoms with Gasteiger partial charge in [-0.2, -0.15) is 0 Å². The summed E-state index contributed by atoms with van der Waals surface area (Å²) in [4.78, 5) is 13.6. The minimum atomic E-state index is 0.172. The van der Waals surface area contributed by atoms with Gasteiger partial charge in [-0.05, 0) is 12.8 Å². The lowest BCUT2D eigenvalue weighted by Gasteiger charge is -2.27. The fraction of sp³-hybridized carbons (Fsp3) is 0.900. The summed E-state index contributed by atoms with van der Waals surface area (Å²) in [5.74, 6) is 0.222. The van der Waals surface area contributed by atoms with Crippen LogP contribution in [0.3, 0.4) is 0 Å². The molecule has 0 spiro atoms. The molecule has 1 amide bonds. The van der Waals surface area contributed by atoms with Gasteiger partial charge in [-0.3, -0.25) is 4.79 Å². The van der Waals surface area contributed by atoms with Gasteiger partial charge in [-0.25, -0.2) is 0 Å². The second-order valence-corrected chi connectivity index (χ2v) is 3.83. The average Bonchev–Trinajstić information content (AvgIpc) is 2.72. The van der Waals surface area contributed by atoms with E-state index in [1.807, 2.05) is 4.90 Å². The number of carbonyl (C=O) groups is 1. The maximum Gasteiger partial charge on any atom is 0.225 e. The molecule has 2 aliphatic heterocycles. The second-order valence-electron chi connectivity index (χ2n) is 3.83. The van der Waals surface area contributed by atoms with Gasteiger partial charge in [0.1, 0.15) is 0 Å². The molecule has 2 heterocycles. The fourth-order valence-corrected chi connectivity index (χ4v) is 1.94. The van der Waals surface area contributed by atoms with Gasteiger partial charge in [0.15, 0.2) is 0 Å². The van der Waals surface area contributed by atoms with Crippen molar-refractivity contribution in [3.63, 3.8) is 0 Å². The number of hydrogen-bond donors (Lipinski definition) is 0. The van der Waals surface area contributed by atoms with Crippen molar-refractivity contribution in [1.29, 1.82) is 0 Å². The molecule has 2 aliphatic rings. The fourth-order valence-electron chi connectivity index (χ4n) is 1.94. The molecule has 2 rings (SSSR count). The highest BCUT2D eigenvalue weighted by atomic mass is 16.5. The average molecular weight is 199 g/mol. The van der Waals surface area contributed by atoms with Gasteiger partial charge in [0, 0.05) is 19.7 Å². The van der Waals surface area contributed by atoms with E-state index in [-0.39, 0.29) is 12.0 Å². The third-order valence-electron chi connectivity index (χ3n) is 2.79. The van der Waals surface area contributed by atoms with Crippen molar-refractivity contribution in [2.24, 2.45) is 0 Å². The summed E-state index contributed by atoms with van der Waals surface area (Å²) in [6.45, 7) is 3.66. The normalized spacial score (nSPS) is 28.0. The van der Waals surface area contributed by atoms with Crippen LogP contribution in [0.4, 0.5) is 0 Å². The summed E-state index contributed by atoms with van der Waals surface area (Å²) in [6, 6.07) is 0. The molecule has 14 heavy (non-hydrogen) atoms. The van der Waals surface area contributed by atoms with Crippen LogP contribution in [0.15, 0.2) is 0 Å². The van der Waals surface area contributed by atoms with Crippen LogP contribution in [0.25, 0.3) is 0 Å². The van der Waals surface area contributed by atoms with Gasteiger partial charge in [0.05, 0.1) is 25.7 Å². The Kier molecular flexibility index (Phi) is 3.37. The highest BCUT2D eigenvalue weighted by molar-refractivity contribution is 5.76. The van der Waals surface area contributed by atoms with E-state index >= 15 is 0 Å². The molecule has 0 saturated carbocycles. The van der Waals surface area contributed by atoms with Crippen molar-refractivity contribution in [3.8, 4) is 0 Å². The van der Waals surface area contributed by atoms with E-state index in [2.05, 4.69) is 0 Å². The monoisotopic (exact) mass is 199 g/mol. The Bertz CT molecular complexity index is 196. The minimum absolute atomic E-state index is 0.172. The summed E-state index contributed by atoms with van der Waals surface area (Å²) in [6.07, 6.45) is 2.86. The molecular weight excluding hydrogens is 182 g/mol. The third kappa shape index (κ3) is 2.45. The first-order valence-corrected chi connectivity index (χ1v) is 5.33. The second kappa shape index (κ2) is 4.75. The molecule has 4 nitrogen and oxygen atoms in total. The Labute approximate surface area is 84.2 Å². The maximum absolute atomic E-state index is 11.7. The summed E-state index contributed by atoms with van der Waals surface area (Å²) in [7, 11) is 0. The SMILES string of the molecule is O=C(CC1CCCO1)N1CCOCC1. The van der Waals surface area contributed by atoms with Crippen LogP contribution in [-0.2, 0) is 14.3 Å². The first-order valence-electron chi connectivity index (χ1n) is 5.33. The van der Waals surface area contributed by atoms with Crippen LogP contribution >= 0.6 is 0 Å². The molecular formula is C10H17NO3. The number of nitrogens with zero attached hydrogens (tertiary/aromatic N) is 1. The van der Waals surface area contributed by atoms with Crippen LogP contribution in [-0.4, -0.2) is 49.8 Å². The molecule has 0 aliphatic carbocycles. The molecule has 2 fully saturated rings. The van der Waals surface area contributed by atoms with Gasteiger partial charge < -0.3 is 14.4 Å². The quantitative estimate of drug-likeness (QED) is 0.646. The van der Waals surface area contributed by atoms with Crippen molar-refractivity contribution in [2.75, 3.05) is 32.9 Å². The summed E-state index contributed by atoms with van der Waals surface area (Å²) in [5.41, 5.74) is 0. The number of ether oxygens (including phenoxy) is 2. The Morgan fingerprint density at radius 3 is 2.71 bits per heavy atom. The number of hydrogen-bond acceptors (Lipinski definition) is 3. The molecule has 1 unspecified atom stereocenters. The van der Waals surface area contributed by atoms with Crippen LogP contribution in [0.2, 0.25) is 0 Å². The first-order chi connectivity index (χ1) is 6.86. The number of rotatable bonds is 2. The molecule has 4 heteroatoms. The van der Waals surface area contributed by atoms with Crippen LogP contribution in [0.5, 0.6) is 0 Å². The summed E-state index contributed by atoms with van der Waals surface area (Å²) < 4.78 is 10.6. The highest BCUT2D eigenvalue weighted by Crippen LogP contribution is 2.16. The molecule has 0 aromatic rings. The lowest BCUT2D eigenvalue weighted by Crippen LogP contribution is -2.41. The van der Waals surface area contributed by atoms with Crippen LogP contribution in [0.1, 0.15) is 19.3 Å². The summed E-state index contributed by atoms with van der Waals surface area (Å²) >= 11 is 0. The van der Waals surface area contributed by atoms with Crippen molar-refractivity contribution < 1.29 is 14.3 Å². The first kappa shape index (κ1) is 9.93. The zero-order chi connectivity index (χ0) is 9.80. The molecule has 0 radical (unpaired) electrons. The molecule has 0 aromatic heterocycles. The van der Waals surface area contributed by atoms with Gasteiger partial charge in [-0.1, -0.05) is 0 Å². The zero-order valence-electron chi connectivity index (χ0n) is 8.41. The van der Waals surface area contributed by atoms with E-state index in [1.165, 1.54) is 0 Å². The summed E-state index contributed by atoms with van der Waals surface area (Å²) in [5, 5.41) is 0. The maximum atomic E-state index is 11.7. The Balaban J connectivity index is 1.75. The zero-order valence-corrected chi connectivity index (χ0v) is 8.41. The van der Waals surface area contributed by atoms with Crippen molar-refractivity contribution in [2.45, 2.75) is 25.4 Å². The number of carbonyl (C=O) groups excluding carboxylic acids is 1. The van der Waals surface area contributed by atoms with E-state index in [0.29, 0.717) is 19.6 Å². The Morgan fingerprint density at radius 2 is 2.07 bits per heavy atom. The molecule has 2 saturated heterocycles. The van der Waals surface area contributed by atoms with E-state index in [0.717, 1.165) is 32.5 Å². The van der Waals surface area contributed by atoms with Crippen molar-refractivity contribution in [1.82, 2.24) is 4.90 Å². The molecule has 0 aromatic carbocycles. The smallest absolute Gasteiger partial charge is 0.225 e. The number of morpholine rings is 1. The van der Waals surface area contributed by atoms with E-state index in [4.69, 9.17) is 9.47 Å². The predicted molar refractivity (Wildman–Crippen MR) is 51.0 cm³/mol. The minimum Gasteiger partial charge on any atom is -0.378 e. The van der Waals surface area contributed by atoms with Crippen molar-refractivity contribution in [3.05, 3.63) is 0 Å². The Hall–Kier alpha value is -0.610.